The van der Waals surface area contributed by atoms with Crippen molar-refractivity contribution in [1.29, 1.82) is 0 Å². The Morgan fingerprint density at radius 2 is 2.03 bits per heavy atom. The first kappa shape index (κ1) is 19.6. The molecule has 4 aromatic heterocycles. The number of carbonyl (C=O) groups is 1. The SMILES string of the molecule is Cc1nn(Cc2cccc(C3CC3)n2)c2cccc(NC(=O)c3cnc4cc(F)ccn34)c12. The van der Waals surface area contributed by atoms with E-state index in [0.29, 0.717) is 29.5 Å². The van der Waals surface area contributed by atoms with Gasteiger partial charge in [0.15, 0.2) is 0 Å². The number of halogens is 1. The van der Waals surface area contributed by atoms with E-state index in [1.54, 1.807) is 4.40 Å². The summed E-state index contributed by atoms with van der Waals surface area (Å²) in [5, 5.41) is 8.59. The van der Waals surface area contributed by atoms with Gasteiger partial charge < -0.3 is 5.32 Å². The third-order valence-corrected chi connectivity index (χ3v) is 6.04. The van der Waals surface area contributed by atoms with Crippen LogP contribution in [0.25, 0.3) is 16.6 Å². The summed E-state index contributed by atoms with van der Waals surface area (Å²) in [5.74, 6) is -0.128. The van der Waals surface area contributed by atoms with Crippen molar-refractivity contribution in [2.24, 2.45) is 0 Å². The first-order valence-electron chi connectivity index (χ1n) is 10.9. The number of pyridine rings is 2. The van der Waals surface area contributed by atoms with Gasteiger partial charge in [-0.2, -0.15) is 5.10 Å². The van der Waals surface area contributed by atoms with Crippen LogP contribution in [0, 0.1) is 12.7 Å². The van der Waals surface area contributed by atoms with E-state index < -0.39 is 5.82 Å². The summed E-state index contributed by atoms with van der Waals surface area (Å²) in [6, 6.07) is 14.5. The number of fused-ring (bicyclic) bond motifs is 2. The molecule has 8 heteroatoms. The number of aromatic nitrogens is 5. The van der Waals surface area contributed by atoms with Crippen LogP contribution >= 0.6 is 0 Å². The minimum absolute atomic E-state index is 0.326. The Hall–Kier alpha value is -4.07. The summed E-state index contributed by atoms with van der Waals surface area (Å²) in [5.41, 5.74) is 5.23. The molecule has 0 spiro atoms. The molecule has 4 heterocycles. The van der Waals surface area contributed by atoms with Gasteiger partial charge in [0.05, 0.1) is 35.3 Å². The van der Waals surface area contributed by atoms with E-state index in [0.717, 1.165) is 28.0 Å². The third kappa shape index (κ3) is 3.53. The van der Waals surface area contributed by atoms with E-state index in [1.165, 1.54) is 37.4 Å². The number of carbonyl (C=O) groups excluding carboxylic acids is 1. The van der Waals surface area contributed by atoms with E-state index in [-0.39, 0.29) is 5.91 Å². The highest BCUT2D eigenvalue weighted by Gasteiger charge is 2.25. The summed E-state index contributed by atoms with van der Waals surface area (Å²) < 4.78 is 17.0. The summed E-state index contributed by atoms with van der Waals surface area (Å²) in [6.07, 6.45) is 5.37. The predicted octanol–water partition coefficient (Wildman–Crippen LogP) is 4.70. The zero-order valence-electron chi connectivity index (χ0n) is 18.0. The van der Waals surface area contributed by atoms with Crippen LogP contribution in [0.3, 0.4) is 0 Å². The van der Waals surface area contributed by atoms with E-state index >= 15 is 0 Å². The Labute approximate surface area is 188 Å². The number of anilines is 1. The molecule has 1 amide bonds. The second kappa shape index (κ2) is 7.51. The van der Waals surface area contributed by atoms with Gasteiger partial charge >= 0.3 is 0 Å². The highest BCUT2D eigenvalue weighted by atomic mass is 19.1. The fourth-order valence-corrected chi connectivity index (χ4v) is 4.30. The number of amides is 1. The fourth-order valence-electron chi connectivity index (χ4n) is 4.30. The Morgan fingerprint density at radius 1 is 1.18 bits per heavy atom. The second-order valence-electron chi connectivity index (χ2n) is 8.44. The molecule has 0 aliphatic heterocycles. The molecule has 1 saturated carbocycles. The number of benzene rings is 1. The van der Waals surface area contributed by atoms with Crippen LogP contribution in [0.5, 0.6) is 0 Å². The van der Waals surface area contributed by atoms with Crippen molar-refractivity contribution in [2.75, 3.05) is 5.32 Å². The third-order valence-electron chi connectivity index (χ3n) is 6.04. The highest BCUT2D eigenvalue weighted by molar-refractivity contribution is 6.08. The van der Waals surface area contributed by atoms with Gasteiger partial charge in [0.2, 0.25) is 0 Å². The van der Waals surface area contributed by atoms with Crippen molar-refractivity contribution in [1.82, 2.24) is 24.1 Å². The van der Waals surface area contributed by atoms with E-state index in [1.807, 2.05) is 35.9 Å². The molecular formula is C25H21FN6O. The van der Waals surface area contributed by atoms with Crippen molar-refractivity contribution < 1.29 is 9.18 Å². The van der Waals surface area contributed by atoms with Crippen LogP contribution in [0.15, 0.2) is 60.9 Å². The lowest BCUT2D eigenvalue weighted by Crippen LogP contribution is -2.14. The van der Waals surface area contributed by atoms with Gasteiger partial charge in [0, 0.05) is 29.3 Å². The number of nitrogens with zero attached hydrogens (tertiary/aromatic N) is 5. The fraction of sp³-hybridized carbons (Fsp3) is 0.200. The summed E-state index contributed by atoms with van der Waals surface area (Å²) in [7, 11) is 0. The lowest BCUT2D eigenvalue weighted by atomic mass is 10.1. The average molecular weight is 440 g/mol. The molecular weight excluding hydrogens is 419 g/mol. The Bertz CT molecular complexity index is 1530. The minimum Gasteiger partial charge on any atom is -0.320 e. The number of imidazole rings is 1. The molecule has 1 aromatic carbocycles. The van der Waals surface area contributed by atoms with Gasteiger partial charge in [-0.3, -0.25) is 18.9 Å². The van der Waals surface area contributed by atoms with E-state index in [2.05, 4.69) is 22.4 Å². The van der Waals surface area contributed by atoms with Crippen LogP contribution in [0.2, 0.25) is 0 Å². The number of aryl methyl sites for hydroxylation is 1. The standard InChI is InChI=1S/C25H21FN6O/c1-15-24-20(29-25(33)22-13-27-23-12-17(26)10-11-31(22)23)6-3-7-21(24)32(30-15)14-18-4-2-5-19(28-18)16-8-9-16/h2-7,10-13,16H,8-9,14H2,1H3,(H,29,33). The van der Waals surface area contributed by atoms with Gasteiger partial charge in [-0.25, -0.2) is 9.37 Å². The maximum Gasteiger partial charge on any atom is 0.274 e. The molecule has 0 atom stereocenters. The molecule has 33 heavy (non-hydrogen) atoms. The van der Waals surface area contributed by atoms with Crippen molar-refractivity contribution in [3.8, 4) is 0 Å². The van der Waals surface area contributed by atoms with Gasteiger partial charge in [-0.1, -0.05) is 12.1 Å². The lowest BCUT2D eigenvalue weighted by Gasteiger charge is -2.08. The molecule has 6 rings (SSSR count). The predicted molar refractivity (Wildman–Crippen MR) is 123 cm³/mol. The molecule has 0 unspecified atom stereocenters. The summed E-state index contributed by atoms with van der Waals surface area (Å²) in [4.78, 5) is 22.0. The van der Waals surface area contributed by atoms with E-state index in [9.17, 15) is 9.18 Å². The zero-order chi connectivity index (χ0) is 22.5. The molecule has 5 aromatic rings. The first-order valence-corrected chi connectivity index (χ1v) is 10.9. The van der Waals surface area contributed by atoms with Crippen molar-refractivity contribution >= 4 is 28.1 Å². The molecule has 0 bridgehead atoms. The summed E-state index contributed by atoms with van der Waals surface area (Å²) >= 11 is 0. The van der Waals surface area contributed by atoms with Crippen LogP contribution < -0.4 is 5.32 Å². The lowest BCUT2D eigenvalue weighted by molar-refractivity contribution is 0.102. The molecule has 7 nitrogen and oxygen atoms in total. The zero-order valence-corrected chi connectivity index (χ0v) is 18.0. The van der Waals surface area contributed by atoms with Gasteiger partial charge in [-0.15, -0.1) is 0 Å². The molecule has 164 valence electrons. The number of hydrogen-bond donors (Lipinski definition) is 1. The Kier molecular flexibility index (Phi) is 4.46. The van der Waals surface area contributed by atoms with Crippen molar-refractivity contribution in [2.45, 2.75) is 32.2 Å². The second-order valence-corrected chi connectivity index (χ2v) is 8.44. The molecule has 1 N–H and O–H groups in total. The number of rotatable bonds is 5. The minimum atomic E-state index is -0.398. The Balaban J connectivity index is 1.32. The molecule has 0 radical (unpaired) electrons. The molecule has 1 aliphatic rings. The van der Waals surface area contributed by atoms with Gasteiger partial charge in [0.1, 0.15) is 17.2 Å². The molecule has 1 fully saturated rings. The van der Waals surface area contributed by atoms with Gasteiger partial charge in [0.25, 0.3) is 5.91 Å². The normalized spacial score (nSPS) is 13.6. The maximum atomic E-state index is 13.5. The van der Waals surface area contributed by atoms with Crippen LogP contribution in [-0.4, -0.2) is 30.1 Å². The monoisotopic (exact) mass is 440 g/mol. The average Bonchev–Trinajstić information content (AvgIpc) is 3.50. The molecule has 1 aliphatic carbocycles. The maximum absolute atomic E-state index is 13.5. The highest BCUT2D eigenvalue weighted by Crippen LogP contribution is 2.39. The van der Waals surface area contributed by atoms with Crippen LogP contribution in [-0.2, 0) is 6.54 Å². The smallest absolute Gasteiger partial charge is 0.274 e. The first-order chi connectivity index (χ1) is 16.1. The topological polar surface area (TPSA) is 77.1 Å². The van der Waals surface area contributed by atoms with Crippen molar-refractivity contribution in [3.05, 3.63) is 89.5 Å². The largest absolute Gasteiger partial charge is 0.320 e. The quantitative estimate of drug-likeness (QED) is 0.430. The van der Waals surface area contributed by atoms with E-state index in [4.69, 9.17) is 10.1 Å². The molecule has 0 saturated heterocycles. The van der Waals surface area contributed by atoms with Crippen LogP contribution in [0.4, 0.5) is 10.1 Å². The number of nitrogens with one attached hydrogen (secondary N) is 1. The van der Waals surface area contributed by atoms with Crippen molar-refractivity contribution in [3.63, 3.8) is 0 Å². The number of hydrogen-bond acceptors (Lipinski definition) is 4. The van der Waals surface area contributed by atoms with Gasteiger partial charge in [-0.05, 0) is 50.1 Å². The Morgan fingerprint density at radius 3 is 2.88 bits per heavy atom. The van der Waals surface area contributed by atoms with Crippen LogP contribution in [0.1, 0.15) is 46.3 Å². The summed E-state index contributed by atoms with van der Waals surface area (Å²) in [6.45, 7) is 2.49.